The molecule has 1 N–H and O–H groups in total. The Balaban J connectivity index is 2.41. The molecule has 0 aromatic carbocycles. The van der Waals surface area contributed by atoms with E-state index in [0.717, 1.165) is 5.56 Å². The van der Waals surface area contributed by atoms with Crippen LogP contribution in [0.2, 0.25) is 0 Å². The standard InChI is InChI=1S/C9H7N3O/c13-6-8-5-11-9(12-8)7-1-3-10-4-2-7/h1-6H,(H,11,12). The zero-order chi connectivity index (χ0) is 9.10. The second-order valence-corrected chi connectivity index (χ2v) is 2.53. The molecule has 0 spiro atoms. The van der Waals surface area contributed by atoms with Gasteiger partial charge in [0, 0.05) is 24.2 Å². The molecule has 2 aromatic heterocycles. The van der Waals surface area contributed by atoms with E-state index in [1.165, 1.54) is 0 Å². The lowest BCUT2D eigenvalue weighted by Crippen LogP contribution is -1.81. The first kappa shape index (κ1) is 7.67. The van der Waals surface area contributed by atoms with Gasteiger partial charge in [0.2, 0.25) is 0 Å². The number of aromatic nitrogens is 3. The highest BCUT2D eigenvalue weighted by Gasteiger charge is 2.01. The molecule has 2 heterocycles. The van der Waals surface area contributed by atoms with Crippen molar-refractivity contribution in [1.82, 2.24) is 15.0 Å². The number of aldehydes is 1. The molecular weight excluding hydrogens is 166 g/mol. The lowest BCUT2D eigenvalue weighted by Gasteiger charge is -1.92. The predicted octanol–water partition coefficient (Wildman–Crippen LogP) is 1.28. The van der Waals surface area contributed by atoms with Crippen LogP contribution in [-0.2, 0) is 0 Å². The minimum atomic E-state index is 0.409. The van der Waals surface area contributed by atoms with Crippen LogP contribution in [-0.4, -0.2) is 21.2 Å². The molecule has 4 heteroatoms. The van der Waals surface area contributed by atoms with Gasteiger partial charge in [-0.05, 0) is 12.1 Å². The van der Waals surface area contributed by atoms with Crippen LogP contribution in [0.3, 0.4) is 0 Å². The third-order valence-electron chi connectivity index (χ3n) is 1.67. The topological polar surface area (TPSA) is 58.6 Å². The summed E-state index contributed by atoms with van der Waals surface area (Å²) >= 11 is 0. The second kappa shape index (κ2) is 3.18. The van der Waals surface area contributed by atoms with Gasteiger partial charge in [-0.2, -0.15) is 0 Å². The van der Waals surface area contributed by atoms with Gasteiger partial charge in [0.25, 0.3) is 0 Å². The number of carbonyl (C=O) groups is 1. The second-order valence-electron chi connectivity index (χ2n) is 2.53. The number of H-pyrrole nitrogens is 1. The fourth-order valence-electron chi connectivity index (χ4n) is 1.05. The van der Waals surface area contributed by atoms with E-state index >= 15 is 0 Å². The summed E-state index contributed by atoms with van der Waals surface area (Å²) in [6, 6.07) is 3.65. The summed E-state index contributed by atoms with van der Waals surface area (Å²) in [4.78, 5) is 21.2. The number of rotatable bonds is 2. The SMILES string of the molecule is O=Cc1c[nH]c(-c2ccncc2)n1. The smallest absolute Gasteiger partial charge is 0.170 e. The van der Waals surface area contributed by atoms with E-state index < -0.39 is 0 Å². The molecule has 4 nitrogen and oxygen atoms in total. The maximum Gasteiger partial charge on any atom is 0.170 e. The summed E-state index contributed by atoms with van der Waals surface area (Å²) in [5.41, 5.74) is 1.33. The highest BCUT2D eigenvalue weighted by Crippen LogP contribution is 2.12. The molecule has 64 valence electrons. The van der Waals surface area contributed by atoms with E-state index in [9.17, 15) is 4.79 Å². The zero-order valence-electron chi connectivity index (χ0n) is 6.77. The number of imidazole rings is 1. The van der Waals surface area contributed by atoms with Crippen molar-refractivity contribution < 1.29 is 4.79 Å². The molecule has 0 amide bonds. The number of pyridine rings is 1. The number of aromatic amines is 1. The normalized spacial score (nSPS) is 9.85. The Labute approximate surface area is 74.7 Å². The molecule has 13 heavy (non-hydrogen) atoms. The first-order chi connectivity index (χ1) is 6.40. The Bertz CT molecular complexity index is 408. The number of nitrogens with zero attached hydrogens (tertiary/aromatic N) is 2. The van der Waals surface area contributed by atoms with Crippen LogP contribution >= 0.6 is 0 Å². The molecular formula is C9H7N3O. The number of hydrogen-bond donors (Lipinski definition) is 1. The maximum absolute atomic E-state index is 10.4. The van der Waals surface area contributed by atoms with Crippen molar-refractivity contribution in [2.24, 2.45) is 0 Å². The summed E-state index contributed by atoms with van der Waals surface area (Å²) in [5.74, 6) is 0.685. The van der Waals surface area contributed by atoms with E-state index in [2.05, 4.69) is 15.0 Å². The van der Waals surface area contributed by atoms with Gasteiger partial charge in [0.05, 0.1) is 0 Å². The molecule has 0 radical (unpaired) electrons. The van der Waals surface area contributed by atoms with Crippen LogP contribution < -0.4 is 0 Å². The Hall–Kier alpha value is -1.97. The van der Waals surface area contributed by atoms with Crippen molar-refractivity contribution in [3.63, 3.8) is 0 Å². The van der Waals surface area contributed by atoms with Gasteiger partial charge in [0.1, 0.15) is 11.5 Å². The fraction of sp³-hybridized carbons (Fsp3) is 0. The monoisotopic (exact) mass is 173 g/mol. The van der Waals surface area contributed by atoms with Crippen LogP contribution in [0, 0.1) is 0 Å². The largest absolute Gasteiger partial charge is 0.344 e. The van der Waals surface area contributed by atoms with E-state index in [4.69, 9.17) is 0 Å². The number of hydrogen-bond acceptors (Lipinski definition) is 3. The molecule has 0 atom stereocenters. The summed E-state index contributed by atoms with van der Waals surface area (Å²) in [5, 5.41) is 0. The first-order valence-corrected chi connectivity index (χ1v) is 3.81. The molecule has 0 aliphatic rings. The zero-order valence-corrected chi connectivity index (χ0v) is 6.77. The highest BCUT2D eigenvalue weighted by molar-refractivity contribution is 5.73. The number of carbonyl (C=O) groups excluding carboxylic acids is 1. The van der Waals surface area contributed by atoms with Crippen LogP contribution in [0.1, 0.15) is 10.5 Å². The van der Waals surface area contributed by atoms with Crippen molar-refractivity contribution in [3.05, 3.63) is 36.4 Å². The first-order valence-electron chi connectivity index (χ1n) is 3.81. The third kappa shape index (κ3) is 1.46. The van der Waals surface area contributed by atoms with Gasteiger partial charge >= 0.3 is 0 Å². The number of nitrogens with one attached hydrogen (secondary N) is 1. The van der Waals surface area contributed by atoms with Crippen LogP contribution in [0.15, 0.2) is 30.7 Å². The van der Waals surface area contributed by atoms with E-state index in [1.807, 2.05) is 12.1 Å². The van der Waals surface area contributed by atoms with E-state index in [0.29, 0.717) is 17.8 Å². The molecule has 2 aromatic rings. The molecule has 0 saturated carbocycles. The molecule has 0 saturated heterocycles. The summed E-state index contributed by atoms with van der Waals surface area (Å²) in [6.07, 6.45) is 5.64. The quantitative estimate of drug-likeness (QED) is 0.696. The average Bonchev–Trinajstić information content (AvgIpc) is 2.67. The van der Waals surface area contributed by atoms with E-state index in [1.54, 1.807) is 18.6 Å². The van der Waals surface area contributed by atoms with Crippen LogP contribution in [0.4, 0.5) is 0 Å². The van der Waals surface area contributed by atoms with Gasteiger partial charge in [-0.3, -0.25) is 9.78 Å². The summed E-state index contributed by atoms with van der Waals surface area (Å²) in [7, 11) is 0. The van der Waals surface area contributed by atoms with Crippen molar-refractivity contribution in [3.8, 4) is 11.4 Å². The van der Waals surface area contributed by atoms with Crippen LogP contribution in [0.5, 0.6) is 0 Å². The van der Waals surface area contributed by atoms with Gasteiger partial charge in [-0.1, -0.05) is 0 Å². The minimum Gasteiger partial charge on any atom is -0.344 e. The third-order valence-corrected chi connectivity index (χ3v) is 1.67. The van der Waals surface area contributed by atoms with E-state index in [-0.39, 0.29) is 0 Å². The Morgan fingerprint density at radius 2 is 2.08 bits per heavy atom. The molecule has 0 aliphatic carbocycles. The Morgan fingerprint density at radius 1 is 1.31 bits per heavy atom. The van der Waals surface area contributed by atoms with Gasteiger partial charge in [0.15, 0.2) is 6.29 Å². The lowest BCUT2D eigenvalue weighted by molar-refractivity contribution is 0.111. The van der Waals surface area contributed by atoms with Crippen molar-refractivity contribution in [2.45, 2.75) is 0 Å². The van der Waals surface area contributed by atoms with Crippen molar-refractivity contribution in [2.75, 3.05) is 0 Å². The predicted molar refractivity (Wildman–Crippen MR) is 47.2 cm³/mol. The lowest BCUT2D eigenvalue weighted by atomic mass is 10.2. The maximum atomic E-state index is 10.4. The summed E-state index contributed by atoms with van der Waals surface area (Å²) in [6.45, 7) is 0. The fourth-order valence-corrected chi connectivity index (χ4v) is 1.05. The average molecular weight is 173 g/mol. The molecule has 0 bridgehead atoms. The van der Waals surface area contributed by atoms with Gasteiger partial charge < -0.3 is 4.98 Å². The van der Waals surface area contributed by atoms with Crippen molar-refractivity contribution >= 4 is 6.29 Å². The summed E-state index contributed by atoms with van der Waals surface area (Å²) < 4.78 is 0. The molecule has 2 rings (SSSR count). The Morgan fingerprint density at radius 3 is 2.69 bits per heavy atom. The van der Waals surface area contributed by atoms with Crippen molar-refractivity contribution in [1.29, 1.82) is 0 Å². The molecule has 0 fully saturated rings. The minimum absolute atomic E-state index is 0.409. The Kier molecular flexibility index (Phi) is 1.88. The highest BCUT2D eigenvalue weighted by atomic mass is 16.1. The van der Waals surface area contributed by atoms with Gasteiger partial charge in [-0.25, -0.2) is 4.98 Å². The van der Waals surface area contributed by atoms with Gasteiger partial charge in [-0.15, -0.1) is 0 Å². The molecule has 0 unspecified atom stereocenters. The van der Waals surface area contributed by atoms with Crippen LogP contribution in [0.25, 0.3) is 11.4 Å². The molecule has 0 aliphatic heterocycles.